The van der Waals surface area contributed by atoms with Crippen LogP contribution in [0.15, 0.2) is 0 Å². The van der Waals surface area contributed by atoms with Crippen LogP contribution in [0.1, 0.15) is 0 Å². The molecule has 0 aliphatic heterocycles. The van der Waals surface area contributed by atoms with Gasteiger partial charge >= 0.3 is 0 Å². The molecular formula is C3H7N3O2. The van der Waals surface area contributed by atoms with E-state index in [1.165, 1.54) is 0 Å². The number of carbonyl (C=O) groups is 2. The lowest BCUT2D eigenvalue weighted by Crippen LogP contribution is -2.20. The Morgan fingerprint density at radius 3 is 1.38 bits per heavy atom. The summed E-state index contributed by atoms with van der Waals surface area (Å²) in [6.07, 6.45) is 0.389. The fourth-order valence-electron chi connectivity index (χ4n) is 0. The highest BCUT2D eigenvalue weighted by Gasteiger charge is 1.52. The van der Waals surface area contributed by atoms with Crippen LogP contribution in [0.5, 0.6) is 0 Å². The predicted molar refractivity (Wildman–Crippen MR) is 28.2 cm³/mol. The summed E-state index contributed by atoms with van der Waals surface area (Å²) >= 11 is 0. The fourth-order valence-corrected chi connectivity index (χ4v) is 0. The van der Waals surface area contributed by atoms with E-state index in [9.17, 15) is 0 Å². The second-order valence-corrected chi connectivity index (χ2v) is 0.728. The van der Waals surface area contributed by atoms with Crippen molar-refractivity contribution in [2.24, 2.45) is 11.5 Å². The Labute approximate surface area is 46.2 Å². The van der Waals surface area contributed by atoms with Crippen LogP contribution >= 0.6 is 0 Å². The molecule has 0 aliphatic carbocycles. The van der Waals surface area contributed by atoms with Crippen molar-refractivity contribution in [2.45, 2.75) is 0 Å². The standard InChI is InChI=1S/C2H2O2.CH5N3/c3-1-2-4;2-1(3)4/h1-2H;(H5,2,3,4). The van der Waals surface area contributed by atoms with E-state index in [1.807, 2.05) is 0 Å². The molecule has 0 bridgehead atoms. The van der Waals surface area contributed by atoms with Crippen LogP contribution in [-0.2, 0) is 9.59 Å². The molecule has 0 aromatic heterocycles. The summed E-state index contributed by atoms with van der Waals surface area (Å²) in [6, 6.07) is 0. The van der Waals surface area contributed by atoms with Crippen molar-refractivity contribution < 1.29 is 9.59 Å². The minimum Gasteiger partial charge on any atom is -0.370 e. The molecule has 46 valence electrons. The average Bonchev–Trinajstić information content (AvgIpc) is 1.65. The van der Waals surface area contributed by atoms with Crippen LogP contribution < -0.4 is 11.5 Å². The largest absolute Gasteiger partial charge is 0.370 e. The normalized spacial score (nSPS) is 5.50. The summed E-state index contributed by atoms with van der Waals surface area (Å²) in [7, 11) is 0. The topological polar surface area (TPSA) is 110 Å². The molecule has 0 radical (unpaired) electrons. The Morgan fingerprint density at radius 1 is 1.25 bits per heavy atom. The first-order valence-electron chi connectivity index (χ1n) is 1.63. The summed E-state index contributed by atoms with van der Waals surface area (Å²) in [5.41, 5.74) is 8.94. The Bertz CT molecular complexity index is 80.5. The molecule has 0 atom stereocenters. The third kappa shape index (κ3) is 395. The number of aldehydes is 2. The molecule has 0 saturated carbocycles. The highest BCUT2D eigenvalue weighted by Crippen LogP contribution is 1.13. The van der Waals surface area contributed by atoms with E-state index in [2.05, 4.69) is 11.5 Å². The molecule has 0 spiro atoms. The van der Waals surface area contributed by atoms with Crippen LogP contribution in [0.25, 0.3) is 0 Å². The summed E-state index contributed by atoms with van der Waals surface area (Å²) in [4.78, 5) is 17.6. The summed E-state index contributed by atoms with van der Waals surface area (Å²) in [5, 5.41) is 6.06. The van der Waals surface area contributed by atoms with Crippen LogP contribution in [0.4, 0.5) is 0 Å². The predicted octanol–water partition coefficient (Wildman–Crippen LogP) is -1.78. The molecule has 0 aromatic rings. The minimum absolute atomic E-state index is 0.194. The molecule has 0 rings (SSSR count). The van der Waals surface area contributed by atoms with Crippen LogP contribution in [-0.4, -0.2) is 18.5 Å². The van der Waals surface area contributed by atoms with Crippen molar-refractivity contribution in [2.75, 3.05) is 0 Å². The molecule has 0 aromatic carbocycles. The van der Waals surface area contributed by atoms with Gasteiger partial charge in [0, 0.05) is 0 Å². The van der Waals surface area contributed by atoms with E-state index in [0.717, 1.165) is 0 Å². The molecule has 8 heavy (non-hydrogen) atoms. The lowest BCUT2D eigenvalue weighted by Gasteiger charge is -1.69. The smallest absolute Gasteiger partial charge is 0.183 e. The first kappa shape index (κ1) is 9.79. The van der Waals surface area contributed by atoms with E-state index in [0.29, 0.717) is 0 Å². The van der Waals surface area contributed by atoms with Gasteiger partial charge in [-0.05, 0) is 0 Å². The molecule has 0 aliphatic rings. The SMILES string of the molecule is N=C(N)N.O=CC=O. The van der Waals surface area contributed by atoms with Crippen molar-refractivity contribution in [3.63, 3.8) is 0 Å². The number of hydrogen-bond acceptors (Lipinski definition) is 3. The molecule has 0 unspecified atom stereocenters. The van der Waals surface area contributed by atoms with Crippen molar-refractivity contribution >= 4 is 18.5 Å². The minimum atomic E-state index is -0.333. The molecule has 0 saturated heterocycles. The van der Waals surface area contributed by atoms with Crippen molar-refractivity contribution in [3.8, 4) is 0 Å². The second kappa shape index (κ2) is 9.15. The molecular weight excluding hydrogens is 110 g/mol. The summed E-state index contributed by atoms with van der Waals surface area (Å²) < 4.78 is 0. The Hall–Kier alpha value is -1.39. The Kier molecular flexibility index (Phi) is 11.2. The number of nitrogens with one attached hydrogen (secondary N) is 1. The number of nitrogens with two attached hydrogens (primary N) is 2. The van der Waals surface area contributed by atoms with Gasteiger partial charge in [-0.15, -0.1) is 0 Å². The molecule has 5 nitrogen and oxygen atoms in total. The highest BCUT2D eigenvalue weighted by atomic mass is 16.2. The molecule has 0 heterocycles. The van der Waals surface area contributed by atoms with Crippen molar-refractivity contribution in [1.29, 1.82) is 5.41 Å². The van der Waals surface area contributed by atoms with Crippen molar-refractivity contribution in [3.05, 3.63) is 0 Å². The van der Waals surface area contributed by atoms with E-state index < -0.39 is 0 Å². The zero-order chi connectivity index (χ0) is 6.99. The average molecular weight is 117 g/mol. The molecule has 5 N–H and O–H groups in total. The monoisotopic (exact) mass is 117 g/mol. The van der Waals surface area contributed by atoms with Gasteiger partial charge in [0.25, 0.3) is 0 Å². The maximum atomic E-state index is 8.81. The molecule has 0 fully saturated rings. The summed E-state index contributed by atoms with van der Waals surface area (Å²) in [6.45, 7) is 0. The van der Waals surface area contributed by atoms with E-state index in [4.69, 9.17) is 15.0 Å². The quantitative estimate of drug-likeness (QED) is 0.163. The maximum absolute atomic E-state index is 8.81. The third-order valence-electron chi connectivity index (χ3n) is 0.0556. The van der Waals surface area contributed by atoms with Gasteiger partial charge in [0.1, 0.15) is 0 Å². The van der Waals surface area contributed by atoms with E-state index in [1.54, 1.807) is 0 Å². The first-order valence-corrected chi connectivity index (χ1v) is 1.63. The van der Waals surface area contributed by atoms with Gasteiger partial charge in [0.15, 0.2) is 18.5 Å². The Balaban J connectivity index is 0. The molecule has 0 amide bonds. The van der Waals surface area contributed by atoms with Gasteiger partial charge in [-0.3, -0.25) is 15.0 Å². The van der Waals surface area contributed by atoms with Crippen LogP contribution in [0, 0.1) is 5.41 Å². The fraction of sp³-hybridized carbons (Fsp3) is 0. The number of hydrogen-bond donors (Lipinski definition) is 3. The second-order valence-electron chi connectivity index (χ2n) is 0.728. The van der Waals surface area contributed by atoms with Gasteiger partial charge in [0.2, 0.25) is 0 Å². The third-order valence-corrected chi connectivity index (χ3v) is 0.0556. The number of guanidine groups is 1. The van der Waals surface area contributed by atoms with Crippen LogP contribution in [0.3, 0.4) is 0 Å². The van der Waals surface area contributed by atoms with E-state index in [-0.39, 0.29) is 18.5 Å². The number of rotatable bonds is 1. The van der Waals surface area contributed by atoms with Crippen LogP contribution in [0.2, 0.25) is 0 Å². The summed E-state index contributed by atoms with van der Waals surface area (Å²) in [5.74, 6) is -0.333. The van der Waals surface area contributed by atoms with Gasteiger partial charge < -0.3 is 11.5 Å². The van der Waals surface area contributed by atoms with Crippen molar-refractivity contribution in [1.82, 2.24) is 0 Å². The van der Waals surface area contributed by atoms with E-state index >= 15 is 0 Å². The Morgan fingerprint density at radius 2 is 1.38 bits per heavy atom. The zero-order valence-corrected chi connectivity index (χ0v) is 4.13. The lowest BCUT2D eigenvalue weighted by atomic mass is 10.9. The highest BCUT2D eigenvalue weighted by molar-refractivity contribution is 6.09. The van der Waals surface area contributed by atoms with Gasteiger partial charge in [-0.25, -0.2) is 0 Å². The molecule has 5 heteroatoms. The lowest BCUT2D eigenvalue weighted by molar-refractivity contribution is -0.122. The van der Waals surface area contributed by atoms with Gasteiger partial charge in [-0.2, -0.15) is 0 Å². The van der Waals surface area contributed by atoms with Gasteiger partial charge in [0.05, 0.1) is 0 Å². The zero-order valence-electron chi connectivity index (χ0n) is 4.13. The number of carbonyl (C=O) groups excluding carboxylic acids is 2. The van der Waals surface area contributed by atoms with Gasteiger partial charge in [-0.1, -0.05) is 0 Å². The maximum Gasteiger partial charge on any atom is 0.183 e. The first-order chi connectivity index (χ1) is 3.65.